The number of hydrogen-bond acceptors (Lipinski definition) is 5. The average molecular weight is 278 g/mol. The topological polar surface area (TPSA) is 83.8 Å². The first-order valence-electron chi connectivity index (χ1n) is 6.83. The monoisotopic (exact) mass is 278 g/mol. The van der Waals surface area contributed by atoms with Crippen molar-refractivity contribution >= 4 is 11.8 Å². The van der Waals surface area contributed by atoms with Crippen LogP contribution in [-0.2, 0) is 14.3 Å². The van der Waals surface area contributed by atoms with Gasteiger partial charge in [0.25, 0.3) is 0 Å². The smallest absolute Gasteiger partial charge is 0.339 e. The summed E-state index contributed by atoms with van der Waals surface area (Å²) in [7, 11) is 0. The number of Topliss-reactive ketones (excluding diaryl/α,β-unsaturated/α-hetero) is 1. The zero-order valence-corrected chi connectivity index (χ0v) is 11.8. The van der Waals surface area contributed by atoms with Crippen LogP contribution in [0.5, 0.6) is 0 Å². The fourth-order valence-electron chi connectivity index (χ4n) is 3.69. The van der Waals surface area contributed by atoms with E-state index in [4.69, 9.17) is 4.74 Å². The van der Waals surface area contributed by atoms with Crippen LogP contribution in [0.2, 0.25) is 0 Å². The zero-order valence-electron chi connectivity index (χ0n) is 11.8. The minimum atomic E-state index is -1.78. The van der Waals surface area contributed by atoms with Crippen molar-refractivity contribution in [3.8, 4) is 0 Å². The molecule has 0 bridgehead atoms. The van der Waals surface area contributed by atoms with Crippen LogP contribution in [0.1, 0.15) is 33.6 Å². The number of esters is 1. The van der Waals surface area contributed by atoms with Crippen molar-refractivity contribution in [1.29, 1.82) is 0 Å². The van der Waals surface area contributed by atoms with Crippen LogP contribution in [0.15, 0.2) is 23.0 Å². The van der Waals surface area contributed by atoms with E-state index in [1.165, 1.54) is 6.08 Å². The van der Waals surface area contributed by atoms with E-state index in [9.17, 15) is 19.8 Å². The second-order valence-corrected chi connectivity index (χ2v) is 6.25. The summed E-state index contributed by atoms with van der Waals surface area (Å²) in [5.74, 6) is -0.794. The van der Waals surface area contributed by atoms with Crippen molar-refractivity contribution in [1.82, 2.24) is 0 Å². The van der Waals surface area contributed by atoms with Crippen molar-refractivity contribution in [2.75, 3.05) is 0 Å². The zero-order chi connectivity index (χ0) is 14.9. The molecule has 1 heterocycles. The highest BCUT2D eigenvalue weighted by molar-refractivity contribution is 5.97. The fourth-order valence-corrected chi connectivity index (χ4v) is 3.69. The molecule has 2 N–H and O–H groups in total. The Bertz CT molecular complexity index is 587. The van der Waals surface area contributed by atoms with E-state index in [-0.39, 0.29) is 23.9 Å². The van der Waals surface area contributed by atoms with Gasteiger partial charge in [-0.15, -0.1) is 0 Å². The molecule has 3 rings (SSSR count). The van der Waals surface area contributed by atoms with E-state index in [0.717, 1.165) is 0 Å². The van der Waals surface area contributed by atoms with E-state index in [1.54, 1.807) is 13.8 Å². The number of carbonyl (C=O) groups excluding carboxylic acids is 2. The normalized spacial score (nSPS) is 44.0. The molecule has 20 heavy (non-hydrogen) atoms. The molecule has 5 nitrogen and oxygen atoms in total. The number of rotatable bonds is 0. The molecule has 0 spiro atoms. The third kappa shape index (κ3) is 1.29. The Hall–Kier alpha value is -1.46. The Labute approximate surface area is 116 Å². The minimum Gasteiger partial charge on any atom is -0.423 e. The number of carbonyl (C=O) groups is 2. The molecule has 4 unspecified atom stereocenters. The van der Waals surface area contributed by atoms with Gasteiger partial charge < -0.3 is 14.9 Å². The Balaban J connectivity index is 2.28. The van der Waals surface area contributed by atoms with Gasteiger partial charge in [-0.25, -0.2) is 4.79 Å². The molecule has 1 aliphatic heterocycles. The van der Waals surface area contributed by atoms with Gasteiger partial charge >= 0.3 is 5.97 Å². The molecular formula is C15H18O5. The number of aliphatic hydroxyl groups is 2. The maximum atomic E-state index is 12.2. The summed E-state index contributed by atoms with van der Waals surface area (Å²) in [5, 5.41) is 21.6. The Morgan fingerprint density at radius 1 is 1.40 bits per heavy atom. The summed E-state index contributed by atoms with van der Waals surface area (Å²) in [6, 6.07) is 0. The van der Waals surface area contributed by atoms with Crippen molar-refractivity contribution in [2.24, 2.45) is 11.3 Å². The summed E-state index contributed by atoms with van der Waals surface area (Å²) >= 11 is 0. The lowest BCUT2D eigenvalue weighted by atomic mass is 9.52. The van der Waals surface area contributed by atoms with Crippen LogP contribution >= 0.6 is 0 Å². The molecule has 1 saturated carbocycles. The van der Waals surface area contributed by atoms with E-state index in [2.05, 4.69) is 0 Å². The van der Waals surface area contributed by atoms with E-state index < -0.39 is 23.1 Å². The van der Waals surface area contributed by atoms with Crippen LogP contribution in [0.25, 0.3) is 0 Å². The van der Waals surface area contributed by atoms with Crippen molar-refractivity contribution < 1.29 is 24.5 Å². The lowest BCUT2D eigenvalue weighted by molar-refractivity contribution is -0.174. The van der Waals surface area contributed by atoms with Crippen LogP contribution in [0.3, 0.4) is 0 Å². The number of ether oxygens (including phenoxy) is 1. The molecule has 4 atom stereocenters. The van der Waals surface area contributed by atoms with Crippen LogP contribution in [0.4, 0.5) is 0 Å². The molecule has 0 aromatic carbocycles. The van der Waals surface area contributed by atoms with Gasteiger partial charge in [0.1, 0.15) is 5.76 Å². The Morgan fingerprint density at radius 2 is 2.05 bits per heavy atom. The molecule has 108 valence electrons. The predicted molar refractivity (Wildman–Crippen MR) is 69.3 cm³/mol. The fraction of sp³-hybridized carbons (Fsp3) is 0.600. The maximum absolute atomic E-state index is 12.2. The summed E-state index contributed by atoms with van der Waals surface area (Å²) in [4.78, 5) is 23.9. The molecule has 0 radical (unpaired) electrons. The third-order valence-corrected chi connectivity index (χ3v) is 5.43. The van der Waals surface area contributed by atoms with E-state index in [0.29, 0.717) is 17.6 Å². The average Bonchev–Trinajstić information content (AvgIpc) is 2.66. The Morgan fingerprint density at radius 3 is 2.70 bits per heavy atom. The van der Waals surface area contributed by atoms with Gasteiger partial charge in [-0.3, -0.25) is 4.79 Å². The molecule has 3 aliphatic rings. The summed E-state index contributed by atoms with van der Waals surface area (Å²) < 4.78 is 5.07. The number of aliphatic hydroxyl groups excluding tert-OH is 1. The summed E-state index contributed by atoms with van der Waals surface area (Å²) in [6.45, 7) is 5.20. The molecule has 0 saturated heterocycles. The lowest BCUT2D eigenvalue weighted by Gasteiger charge is -2.54. The number of hydrogen-bond donors (Lipinski definition) is 2. The first-order chi connectivity index (χ1) is 9.23. The first kappa shape index (κ1) is 13.5. The second-order valence-electron chi connectivity index (χ2n) is 6.25. The molecule has 0 aromatic rings. The molecular weight excluding hydrogens is 260 g/mol. The van der Waals surface area contributed by atoms with Gasteiger partial charge in [0.05, 0.1) is 6.10 Å². The predicted octanol–water partition coefficient (Wildman–Crippen LogP) is 0.855. The van der Waals surface area contributed by atoms with E-state index in [1.807, 2.05) is 6.92 Å². The van der Waals surface area contributed by atoms with Gasteiger partial charge in [0.15, 0.2) is 11.4 Å². The summed E-state index contributed by atoms with van der Waals surface area (Å²) in [6.07, 6.45) is 1.09. The quantitative estimate of drug-likeness (QED) is 0.642. The second kappa shape index (κ2) is 3.80. The number of fused-ring (bicyclic) bond motifs is 2. The lowest BCUT2D eigenvalue weighted by Crippen LogP contribution is -2.64. The van der Waals surface area contributed by atoms with Gasteiger partial charge in [0, 0.05) is 23.0 Å². The highest BCUT2D eigenvalue weighted by Crippen LogP contribution is 2.56. The van der Waals surface area contributed by atoms with Gasteiger partial charge in [-0.2, -0.15) is 0 Å². The third-order valence-electron chi connectivity index (χ3n) is 5.43. The van der Waals surface area contributed by atoms with Crippen LogP contribution < -0.4 is 0 Å². The maximum Gasteiger partial charge on any atom is 0.339 e. The van der Waals surface area contributed by atoms with Gasteiger partial charge in [-0.05, 0) is 25.3 Å². The SMILES string of the molecule is CC1=C2C(=CC3(O)C(=O)CCC(C)C3(C)C2O)OC1=O. The van der Waals surface area contributed by atoms with Crippen molar-refractivity contribution in [2.45, 2.75) is 45.3 Å². The van der Waals surface area contributed by atoms with Gasteiger partial charge in [-0.1, -0.05) is 13.8 Å². The Kier molecular flexibility index (Phi) is 2.57. The summed E-state index contributed by atoms with van der Waals surface area (Å²) in [5.41, 5.74) is -2.08. The molecule has 0 amide bonds. The minimum absolute atomic E-state index is 0.0611. The molecule has 2 aliphatic carbocycles. The van der Waals surface area contributed by atoms with E-state index >= 15 is 0 Å². The van der Waals surface area contributed by atoms with Gasteiger partial charge in [0.2, 0.25) is 0 Å². The van der Waals surface area contributed by atoms with Crippen LogP contribution in [0, 0.1) is 11.3 Å². The molecule has 1 fully saturated rings. The molecule has 0 aromatic heterocycles. The highest BCUT2D eigenvalue weighted by Gasteiger charge is 2.64. The highest BCUT2D eigenvalue weighted by atomic mass is 16.5. The number of ketones is 1. The van der Waals surface area contributed by atoms with Crippen molar-refractivity contribution in [3.05, 3.63) is 23.0 Å². The van der Waals surface area contributed by atoms with Crippen molar-refractivity contribution in [3.63, 3.8) is 0 Å². The van der Waals surface area contributed by atoms with Crippen LogP contribution in [-0.4, -0.2) is 33.7 Å². The largest absolute Gasteiger partial charge is 0.423 e. The first-order valence-corrected chi connectivity index (χ1v) is 6.83. The standard InChI is InChI=1S/C15H18O5/c1-7-4-5-10(16)15(19)6-9-11(8(2)13(18)20-9)12(17)14(7,15)3/h6-7,12,17,19H,4-5H2,1-3H3. The molecule has 5 heteroatoms.